The van der Waals surface area contributed by atoms with Crippen LogP contribution in [-0.4, -0.2) is 67.2 Å². The highest BCUT2D eigenvalue weighted by atomic mass is 15.2. The first-order chi connectivity index (χ1) is 11.3. The maximum absolute atomic E-state index is 2.59. The monoisotopic (exact) mass is 312 g/mol. The van der Waals surface area contributed by atoms with Gasteiger partial charge in [0, 0.05) is 51.2 Å². The molecule has 0 atom stereocenters. The summed E-state index contributed by atoms with van der Waals surface area (Å²) in [5.41, 5.74) is 2.77. The molecule has 4 heteroatoms. The number of hydrogen-bond donors (Lipinski definition) is 0. The van der Waals surface area contributed by atoms with E-state index in [1.165, 1.54) is 49.1 Å². The van der Waals surface area contributed by atoms with Gasteiger partial charge in [-0.3, -0.25) is 0 Å². The molecule has 2 aromatic rings. The van der Waals surface area contributed by atoms with Gasteiger partial charge in [0.2, 0.25) is 0 Å². The zero-order chi connectivity index (χ0) is 15.6. The predicted octanol–water partition coefficient (Wildman–Crippen LogP) is 2.49. The summed E-state index contributed by atoms with van der Waals surface area (Å²) in [6, 6.07) is 9.23. The lowest BCUT2D eigenvalue weighted by atomic mass is 10.2. The number of fused-ring (bicyclic) bond motifs is 1. The Bertz CT molecular complexity index is 648. The van der Waals surface area contributed by atoms with Gasteiger partial charge in [-0.25, -0.2) is 0 Å². The van der Waals surface area contributed by atoms with Crippen molar-refractivity contribution in [3.8, 4) is 0 Å². The second-order valence-electron chi connectivity index (χ2n) is 7.09. The minimum atomic E-state index is 1.11. The van der Waals surface area contributed by atoms with Crippen LogP contribution in [-0.2, 0) is 6.54 Å². The van der Waals surface area contributed by atoms with Crippen LogP contribution in [0.2, 0.25) is 0 Å². The number of likely N-dealkylation sites (N-methyl/N-ethyl adjacent to an activating group) is 1. The molecule has 0 spiro atoms. The summed E-state index contributed by atoms with van der Waals surface area (Å²) in [6.45, 7) is 9.45. The fourth-order valence-electron chi connectivity index (χ4n) is 3.88. The normalized spacial score (nSPS) is 20.7. The molecular formula is C19H28N4. The molecule has 0 radical (unpaired) electrons. The second-order valence-corrected chi connectivity index (χ2v) is 7.09. The molecule has 2 aliphatic heterocycles. The van der Waals surface area contributed by atoms with E-state index in [0.717, 1.165) is 32.7 Å². The van der Waals surface area contributed by atoms with Gasteiger partial charge < -0.3 is 19.3 Å². The summed E-state index contributed by atoms with van der Waals surface area (Å²) < 4.78 is 2.44. The molecule has 124 valence electrons. The van der Waals surface area contributed by atoms with Crippen LogP contribution < -0.4 is 4.90 Å². The Kier molecular flexibility index (Phi) is 4.27. The lowest BCUT2D eigenvalue weighted by molar-refractivity contribution is 0.313. The number of likely N-dealkylation sites (tertiary alicyclic amines) is 1. The molecule has 0 unspecified atom stereocenters. The zero-order valence-electron chi connectivity index (χ0n) is 14.2. The maximum atomic E-state index is 2.59. The Balaban J connectivity index is 1.51. The predicted molar refractivity (Wildman–Crippen MR) is 97.3 cm³/mol. The molecule has 3 heterocycles. The van der Waals surface area contributed by atoms with Crippen LogP contribution in [0, 0.1) is 0 Å². The highest BCUT2D eigenvalue weighted by Crippen LogP contribution is 2.24. The van der Waals surface area contributed by atoms with E-state index in [0.29, 0.717) is 0 Å². The van der Waals surface area contributed by atoms with Crippen LogP contribution in [0.25, 0.3) is 10.9 Å². The SMILES string of the molecule is CN1CCN(c2ccc3ccn(CCN4CCCC4)c3c2)CC1. The number of hydrogen-bond acceptors (Lipinski definition) is 3. The van der Waals surface area contributed by atoms with E-state index in [2.05, 4.69) is 56.8 Å². The first kappa shape index (κ1) is 15.0. The van der Waals surface area contributed by atoms with Gasteiger partial charge in [0.1, 0.15) is 0 Å². The molecule has 0 amide bonds. The summed E-state index contributed by atoms with van der Waals surface area (Å²) in [6.07, 6.45) is 5.01. The molecule has 1 aromatic heterocycles. The van der Waals surface area contributed by atoms with Crippen molar-refractivity contribution < 1.29 is 0 Å². The Hall–Kier alpha value is -1.52. The number of benzene rings is 1. The smallest absolute Gasteiger partial charge is 0.0501 e. The molecular weight excluding hydrogens is 284 g/mol. The zero-order valence-corrected chi connectivity index (χ0v) is 14.2. The quantitative estimate of drug-likeness (QED) is 0.862. The molecule has 1 aromatic carbocycles. The van der Waals surface area contributed by atoms with Crippen LogP contribution in [0.4, 0.5) is 5.69 Å². The average Bonchev–Trinajstić information content (AvgIpc) is 3.22. The third-order valence-electron chi connectivity index (χ3n) is 5.48. The van der Waals surface area contributed by atoms with Crippen LogP contribution in [0.5, 0.6) is 0 Å². The summed E-state index contributed by atoms with van der Waals surface area (Å²) in [5, 5.41) is 1.37. The number of anilines is 1. The van der Waals surface area contributed by atoms with E-state index in [9.17, 15) is 0 Å². The number of nitrogens with zero attached hydrogens (tertiary/aromatic N) is 4. The van der Waals surface area contributed by atoms with Crippen molar-refractivity contribution in [2.75, 3.05) is 57.8 Å². The Morgan fingerprint density at radius 3 is 2.43 bits per heavy atom. The van der Waals surface area contributed by atoms with Gasteiger partial charge in [-0.2, -0.15) is 0 Å². The van der Waals surface area contributed by atoms with Crippen molar-refractivity contribution in [2.45, 2.75) is 19.4 Å². The Labute approximate surface area is 139 Å². The molecule has 0 N–H and O–H groups in total. The summed E-state index contributed by atoms with van der Waals surface area (Å²) in [7, 11) is 2.21. The van der Waals surface area contributed by atoms with E-state index < -0.39 is 0 Å². The van der Waals surface area contributed by atoms with Crippen LogP contribution in [0.15, 0.2) is 30.5 Å². The number of aromatic nitrogens is 1. The first-order valence-corrected chi connectivity index (χ1v) is 9.04. The number of rotatable bonds is 4. The van der Waals surface area contributed by atoms with E-state index in [1.807, 2.05) is 0 Å². The topological polar surface area (TPSA) is 14.7 Å². The third-order valence-corrected chi connectivity index (χ3v) is 5.48. The maximum Gasteiger partial charge on any atom is 0.0501 e. The van der Waals surface area contributed by atoms with Gasteiger partial charge in [-0.05, 0) is 56.6 Å². The van der Waals surface area contributed by atoms with E-state index in [-0.39, 0.29) is 0 Å². The molecule has 2 fully saturated rings. The van der Waals surface area contributed by atoms with Crippen molar-refractivity contribution in [1.82, 2.24) is 14.4 Å². The van der Waals surface area contributed by atoms with Gasteiger partial charge in [-0.15, -0.1) is 0 Å². The molecule has 4 nitrogen and oxygen atoms in total. The fraction of sp³-hybridized carbons (Fsp3) is 0.579. The van der Waals surface area contributed by atoms with Crippen molar-refractivity contribution in [1.29, 1.82) is 0 Å². The van der Waals surface area contributed by atoms with Crippen molar-refractivity contribution in [3.63, 3.8) is 0 Å². The van der Waals surface area contributed by atoms with E-state index in [1.54, 1.807) is 0 Å². The minimum absolute atomic E-state index is 1.11. The highest BCUT2D eigenvalue weighted by molar-refractivity contribution is 5.84. The van der Waals surface area contributed by atoms with Crippen molar-refractivity contribution in [2.24, 2.45) is 0 Å². The van der Waals surface area contributed by atoms with Gasteiger partial charge in [0.25, 0.3) is 0 Å². The van der Waals surface area contributed by atoms with Crippen molar-refractivity contribution >= 4 is 16.6 Å². The highest BCUT2D eigenvalue weighted by Gasteiger charge is 2.15. The summed E-state index contributed by atoms with van der Waals surface area (Å²) in [4.78, 5) is 7.53. The standard InChI is InChI=1S/C19H28N4/c1-20-10-13-22(14-11-20)18-5-4-17-6-9-23(19(17)16-18)15-12-21-7-2-3-8-21/h4-6,9,16H,2-3,7-8,10-15H2,1H3. The van der Waals surface area contributed by atoms with Gasteiger partial charge >= 0.3 is 0 Å². The lowest BCUT2D eigenvalue weighted by Crippen LogP contribution is -2.44. The molecule has 0 aliphatic carbocycles. The third kappa shape index (κ3) is 3.24. The molecule has 0 bridgehead atoms. The Morgan fingerprint density at radius 2 is 1.65 bits per heavy atom. The minimum Gasteiger partial charge on any atom is -0.369 e. The molecule has 2 aliphatic rings. The van der Waals surface area contributed by atoms with Crippen LogP contribution in [0.1, 0.15) is 12.8 Å². The lowest BCUT2D eigenvalue weighted by Gasteiger charge is -2.34. The first-order valence-electron chi connectivity index (χ1n) is 9.04. The molecule has 4 rings (SSSR count). The average molecular weight is 312 g/mol. The van der Waals surface area contributed by atoms with E-state index >= 15 is 0 Å². The molecule has 2 saturated heterocycles. The second kappa shape index (κ2) is 6.54. The van der Waals surface area contributed by atoms with Crippen LogP contribution >= 0.6 is 0 Å². The summed E-state index contributed by atoms with van der Waals surface area (Å²) >= 11 is 0. The van der Waals surface area contributed by atoms with Crippen molar-refractivity contribution in [3.05, 3.63) is 30.5 Å². The number of piperazine rings is 1. The van der Waals surface area contributed by atoms with Gasteiger partial charge in [0.05, 0.1) is 5.52 Å². The van der Waals surface area contributed by atoms with Gasteiger partial charge in [0.15, 0.2) is 0 Å². The molecule has 0 saturated carbocycles. The molecule has 23 heavy (non-hydrogen) atoms. The van der Waals surface area contributed by atoms with E-state index in [4.69, 9.17) is 0 Å². The van der Waals surface area contributed by atoms with Gasteiger partial charge in [-0.1, -0.05) is 6.07 Å². The summed E-state index contributed by atoms with van der Waals surface area (Å²) in [5.74, 6) is 0. The fourth-order valence-corrected chi connectivity index (χ4v) is 3.88. The largest absolute Gasteiger partial charge is 0.369 e. The Morgan fingerprint density at radius 1 is 0.870 bits per heavy atom. The van der Waals surface area contributed by atoms with Crippen LogP contribution in [0.3, 0.4) is 0 Å².